The van der Waals surface area contributed by atoms with Crippen molar-refractivity contribution >= 4 is 5.97 Å². The maximum absolute atomic E-state index is 10.4. The van der Waals surface area contributed by atoms with Crippen molar-refractivity contribution in [1.82, 2.24) is 10.3 Å². The van der Waals surface area contributed by atoms with Gasteiger partial charge in [-0.15, -0.1) is 0 Å². The van der Waals surface area contributed by atoms with E-state index in [9.17, 15) is 4.79 Å². The molecule has 0 aliphatic rings. The van der Waals surface area contributed by atoms with Crippen molar-refractivity contribution in [3.05, 3.63) is 30.1 Å². The van der Waals surface area contributed by atoms with Crippen LogP contribution in [0.1, 0.15) is 31.7 Å². The number of carbonyl (C=O) groups is 1. The molecule has 4 heteroatoms. The number of hydrogen-bond donors (Lipinski definition) is 2. The molecule has 0 aliphatic heterocycles. The number of aliphatic carboxylic acids is 1. The summed E-state index contributed by atoms with van der Waals surface area (Å²) >= 11 is 0. The van der Waals surface area contributed by atoms with E-state index in [1.165, 1.54) is 5.56 Å². The van der Waals surface area contributed by atoms with Crippen molar-refractivity contribution in [2.45, 2.75) is 32.7 Å². The first kappa shape index (κ1) is 13.6. The van der Waals surface area contributed by atoms with E-state index in [0.29, 0.717) is 5.92 Å². The van der Waals surface area contributed by atoms with Crippen LogP contribution >= 0.6 is 0 Å². The van der Waals surface area contributed by atoms with Gasteiger partial charge in [0.25, 0.3) is 0 Å². The van der Waals surface area contributed by atoms with E-state index in [1.54, 1.807) is 6.20 Å². The summed E-state index contributed by atoms with van der Waals surface area (Å²) in [6.07, 6.45) is 5.64. The zero-order valence-electron chi connectivity index (χ0n) is 10.2. The topological polar surface area (TPSA) is 62.2 Å². The summed E-state index contributed by atoms with van der Waals surface area (Å²) in [5, 5.41) is 11.9. The molecule has 0 fully saturated rings. The second-order valence-corrected chi connectivity index (χ2v) is 4.36. The van der Waals surface area contributed by atoms with Gasteiger partial charge in [0.05, 0.1) is 0 Å². The van der Waals surface area contributed by atoms with Gasteiger partial charge in [0.2, 0.25) is 0 Å². The van der Waals surface area contributed by atoms with Gasteiger partial charge in [0.15, 0.2) is 0 Å². The summed E-state index contributed by atoms with van der Waals surface area (Å²) in [6.45, 7) is 3.82. The molecular formula is C13H20N2O2. The van der Waals surface area contributed by atoms with Gasteiger partial charge >= 0.3 is 5.97 Å². The van der Waals surface area contributed by atoms with Gasteiger partial charge < -0.3 is 10.4 Å². The van der Waals surface area contributed by atoms with Crippen LogP contribution in [0.25, 0.3) is 0 Å². The Kier molecular flexibility index (Phi) is 6.25. The smallest absolute Gasteiger partial charge is 0.303 e. The molecule has 0 saturated heterocycles. The minimum Gasteiger partial charge on any atom is -0.481 e. The number of hydrogen-bond acceptors (Lipinski definition) is 3. The molecule has 0 radical (unpaired) electrons. The summed E-state index contributed by atoms with van der Waals surface area (Å²) in [5.74, 6) is -0.257. The van der Waals surface area contributed by atoms with Crippen molar-refractivity contribution in [1.29, 1.82) is 0 Å². The highest BCUT2D eigenvalue weighted by molar-refractivity contribution is 5.66. The first-order chi connectivity index (χ1) is 8.18. The molecule has 0 bridgehead atoms. The predicted molar refractivity (Wildman–Crippen MR) is 66.6 cm³/mol. The number of carboxylic acids is 1. The molecule has 1 unspecified atom stereocenters. The van der Waals surface area contributed by atoms with Crippen LogP contribution < -0.4 is 5.32 Å². The Hall–Kier alpha value is -1.42. The third kappa shape index (κ3) is 6.68. The predicted octanol–water partition coefficient (Wildman–Crippen LogP) is 2.06. The molecule has 1 heterocycles. The van der Waals surface area contributed by atoms with E-state index in [0.717, 1.165) is 25.9 Å². The molecule has 0 aliphatic carbocycles. The monoisotopic (exact) mass is 236 g/mol. The van der Waals surface area contributed by atoms with E-state index in [2.05, 4.69) is 17.2 Å². The summed E-state index contributed by atoms with van der Waals surface area (Å²) < 4.78 is 0. The van der Waals surface area contributed by atoms with E-state index in [1.807, 2.05) is 18.3 Å². The van der Waals surface area contributed by atoms with Crippen LogP contribution in [-0.2, 0) is 11.3 Å². The van der Waals surface area contributed by atoms with Gasteiger partial charge in [-0.05, 0) is 36.9 Å². The van der Waals surface area contributed by atoms with E-state index >= 15 is 0 Å². The average Bonchev–Trinajstić information content (AvgIpc) is 2.33. The quantitative estimate of drug-likeness (QED) is 0.678. The summed E-state index contributed by atoms with van der Waals surface area (Å²) in [7, 11) is 0. The van der Waals surface area contributed by atoms with Crippen LogP contribution in [0.3, 0.4) is 0 Å². The van der Waals surface area contributed by atoms with Gasteiger partial charge in [-0.25, -0.2) is 0 Å². The van der Waals surface area contributed by atoms with Crippen LogP contribution in [0, 0.1) is 5.92 Å². The Morgan fingerprint density at radius 2 is 2.35 bits per heavy atom. The second kappa shape index (κ2) is 7.79. The Morgan fingerprint density at radius 1 is 1.53 bits per heavy atom. The SMILES string of the molecule is CC(CCNCc1cccnc1)CCC(=O)O. The Labute approximate surface area is 102 Å². The lowest BCUT2D eigenvalue weighted by Crippen LogP contribution is -2.17. The molecule has 2 N–H and O–H groups in total. The molecule has 0 amide bonds. The van der Waals surface area contributed by atoms with Crippen LogP contribution in [-0.4, -0.2) is 22.6 Å². The Bertz CT molecular complexity index is 327. The van der Waals surface area contributed by atoms with Crippen molar-refractivity contribution in [3.63, 3.8) is 0 Å². The fourth-order valence-electron chi connectivity index (χ4n) is 1.60. The average molecular weight is 236 g/mol. The largest absolute Gasteiger partial charge is 0.481 e. The maximum atomic E-state index is 10.4. The molecule has 4 nitrogen and oxygen atoms in total. The van der Waals surface area contributed by atoms with Crippen molar-refractivity contribution in [3.8, 4) is 0 Å². The lowest BCUT2D eigenvalue weighted by atomic mass is 10.0. The molecule has 1 aromatic heterocycles. The van der Waals surface area contributed by atoms with Crippen LogP contribution in [0.15, 0.2) is 24.5 Å². The Morgan fingerprint density at radius 3 is 3.00 bits per heavy atom. The normalized spacial score (nSPS) is 12.3. The molecule has 0 aromatic carbocycles. The molecule has 1 atom stereocenters. The van der Waals surface area contributed by atoms with Gasteiger partial charge in [-0.2, -0.15) is 0 Å². The minimum atomic E-state index is -0.708. The van der Waals surface area contributed by atoms with Crippen LogP contribution in [0.5, 0.6) is 0 Å². The molecule has 1 rings (SSSR count). The summed E-state index contributed by atoms with van der Waals surface area (Å²) in [4.78, 5) is 14.4. The zero-order chi connectivity index (χ0) is 12.5. The number of carboxylic acid groups (broad SMARTS) is 1. The van der Waals surface area contributed by atoms with Gasteiger partial charge in [0, 0.05) is 25.4 Å². The lowest BCUT2D eigenvalue weighted by Gasteiger charge is -2.10. The van der Waals surface area contributed by atoms with E-state index in [-0.39, 0.29) is 6.42 Å². The van der Waals surface area contributed by atoms with Gasteiger partial charge in [0.1, 0.15) is 0 Å². The standard InChI is InChI=1S/C13H20N2O2/c1-11(4-5-13(16)17)6-8-15-10-12-3-2-7-14-9-12/h2-3,7,9,11,15H,4-6,8,10H2,1H3,(H,16,17). The summed E-state index contributed by atoms with van der Waals surface area (Å²) in [5.41, 5.74) is 1.17. The van der Waals surface area contributed by atoms with Crippen molar-refractivity contribution in [2.75, 3.05) is 6.54 Å². The highest BCUT2D eigenvalue weighted by atomic mass is 16.4. The second-order valence-electron chi connectivity index (χ2n) is 4.36. The number of nitrogens with zero attached hydrogens (tertiary/aromatic N) is 1. The minimum absolute atomic E-state index is 0.268. The number of pyridine rings is 1. The summed E-state index contributed by atoms with van der Waals surface area (Å²) in [6, 6.07) is 3.96. The highest BCUT2D eigenvalue weighted by Gasteiger charge is 2.04. The number of rotatable bonds is 8. The van der Waals surface area contributed by atoms with Crippen LogP contribution in [0.4, 0.5) is 0 Å². The fourth-order valence-corrected chi connectivity index (χ4v) is 1.60. The third-order valence-corrected chi connectivity index (χ3v) is 2.72. The first-order valence-corrected chi connectivity index (χ1v) is 6.00. The molecule has 0 saturated carbocycles. The fraction of sp³-hybridized carbons (Fsp3) is 0.538. The molecule has 17 heavy (non-hydrogen) atoms. The molecule has 1 aromatic rings. The van der Waals surface area contributed by atoms with E-state index < -0.39 is 5.97 Å². The van der Waals surface area contributed by atoms with Crippen LogP contribution in [0.2, 0.25) is 0 Å². The molecule has 94 valence electrons. The van der Waals surface area contributed by atoms with Gasteiger partial charge in [-0.1, -0.05) is 13.0 Å². The molecule has 0 spiro atoms. The lowest BCUT2D eigenvalue weighted by molar-refractivity contribution is -0.137. The van der Waals surface area contributed by atoms with Crippen molar-refractivity contribution < 1.29 is 9.90 Å². The van der Waals surface area contributed by atoms with Gasteiger partial charge in [-0.3, -0.25) is 9.78 Å². The number of aromatic nitrogens is 1. The maximum Gasteiger partial charge on any atom is 0.303 e. The van der Waals surface area contributed by atoms with Crippen molar-refractivity contribution in [2.24, 2.45) is 5.92 Å². The first-order valence-electron chi connectivity index (χ1n) is 6.00. The third-order valence-electron chi connectivity index (χ3n) is 2.72. The Balaban J connectivity index is 2.06. The zero-order valence-corrected chi connectivity index (χ0v) is 10.2. The van der Waals surface area contributed by atoms with E-state index in [4.69, 9.17) is 5.11 Å². The molecular weight excluding hydrogens is 216 g/mol. The number of nitrogens with one attached hydrogen (secondary N) is 1. The highest BCUT2D eigenvalue weighted by Crippen LogP contribution is 2.09.